The molecule has 1 N–H and O–H groups in total. The van der Waals surface area contributed by atoms with Crippen molar-refractivity contribution >= 4 is 23.3 Å². The molecule has 7 nitrogen and oxygen atoms in total. The Morgan fingerprint density at radius 3 is 2.71 bits per heavy atom. The van der Waals surface area contributed by atoms with Crippen LogP contribution in [0, 0.1) is 17.8 Å². The lowest BCUT2D eigenvalue weighted by atomic mass is 9.70. The van der Waals surface area contributed by atoms with Gasteiger partial charge in [-0.15, -0.1) is 0 Å². The Kier molecular flexibility index (Phi) is 3.84. The Bertz CT molecular complexity index is 1090. The normalized spacial score (nSPS) is 37.8. The van der Waals surface area contributed by atoms with Crippen LogP contribution >= 0.6 is 0 Å². The predicted octanol–water partition coefficient (Wildman–Crippen LogP) is 2.72. The summed E-state index contributed by atoms with van der Waals surface area (Å²) in [5.74, 6) is -1.44. The Morgan fingerprint density at radius 1 is 1.16 bits per heavy atom. The van der Waals surface area contributed by atoms with Gasteiger partial charge < -0.3 is 19.4 Å². The number of nitrogens with one attached hydrogen (secondary N) is 1. The van der Waals surface area contributed by atoms with E-state index in [0.717, 1.165) is 0 Å². The molecule has 2 amide bonds. The minimum Gasteiger partial charge on any atom is -0.467 e. The number of piperidine rings is 1. The van der Waals surface area contributed by atoms with Crippen LogP contribution in [-0.2, 0) is 19.1 Å². The van der Waals surface area contributed by atoms with Gasteiger partial charge in [-0.1, -0.05) is 37.3 Å². The number of Topliss-reactive ketones (excluding diaryl/α,β-unsaturated/α-hetero) is 1. The van der Waals surface area contributed by atoms with Gasteiger partial charge in [0.15, 0.2) is 0 Å². The average molecular weight is 418 g/mol. The SMILES string of the molecule is C[C@@H]1C(=O)C[C@@H](c2ccco2)N2C(=O)[C@H]3[C@@H](C(=O)Nc4ccccc4)[C@H]4C=C[C@@]3(O4)[C@H]12. The molecule has 0 saturated carbocycles. The van der Waals surface area contributed by atoms with E-state index in [9.17, 15) is 14.4 Å². The maximum absolute atomic E-state index is 13.8. The molecule has 6 rings (SSSR count). The van der Waals surface area contributed by atoms with Crippen molar-refractivity contribution in [1.29, 1.82) is 0 Å². The fourth-order valence-electron chi connectivity index (χ4n) is 6.01. The lowest BCUT2D eigenvalue weighted by Crippen LogP contribution is -2.55. The molecule has 2 aromatic rings. The number of rotatable bonds is 3. The molecule has 0 unspecified atom stereocenters. The van der Waals surface area contributed by atoms with Gasteiger partial charge in [0.25, 0.3) is 0 Å². The molecule has 4 aliphatic heterocycles. The van der Waals surface area contributed by atoms with Crippen molar-refractivity contribution in [1.82, 2.24) is 4.90 Å². The third kappa shape index (κ3) is 2.41. The number of hydrogen-bond donors (Lipinski definition) is 1. The van der Waals surface area contributed by atoms with Gasteiger partial charge in [-0.3, -0.25) is 14.4 Å². The maximum Gasteiger partial charge on any atom is 0.231 e. The molecule has 1 aromatic heterocycles. The summed E-state index contributed by atoms with van der Waals surface area (Å²) < 4.78 is 11.9. The number of furan rings is 1. The lowest BCUT2D eigenvalue weighted by Gasteiger charge is -2.43. The van der Waals surface area contributed by atoms with Crippen molar-refractivity contribution in [3.8, 4) is 0 Å². The van der Waals surface area contributed by atoms with E-state index in [1.807, 2.05) is 49.4 Å². The van der Waals surface area contributed by atoms with E-state index in [4.69, 9.17) is 9.15 Å². The fourth-order valence-corrected chi connectivity index (χ4v) is 6.01. The van der Waals surface area contributed by atoms with Gasteiger partial charge in [0.1, 0.15) is 17.1 Å². The maximum atomic E-state index is 13.8. The molecule has 7 atom stereocenters. The standard InChI is InChI=1S/C24H22N2O5/c1-13-16(27)12-15(17-8-5-11-30-17)26-21(13)24-10-9-18(31-24)19(20(24)23(26)29)22(28)25-14-6-3-2-4-7-14/h2-11,13,15,18-21H,12H2,1H3,(H,25,28)/t13-,15+,18-,19+,20-,21+,24+/m1/s1. The Labute approximate surface area is 179 Å². The predicted molar refractivity (Wildman–Crippen MR) is 110 cm³/mol. The monoisotopic (exact) mass is 418 g/mol. The molecule has 31 heavy (non-hydrogen) atoms. The van der Waals surface area contributed by atoms with E-state index < -0.39 is 35.6 Å². The van der Waals surface area contributed by atoms with Crippen LogP contribution in [0.2, 0.25) is 0 Å². The zero-order chi connectivity index (χ0) is 21.3. The summed E-state index contributed by atoms with van der Waals surface area (Å²) in [7, 11) is 0. The summed E-state index contributed by atoms with van der Waals surface area (Å²) in [6.45, 7) is 1.85. The van der Waals surface area contributed by atoms with Gasteiger partial charge in [0, 0.05) is 18.0 Å². The van der Waals surface area contributed by atoms with Gasteiger partial charge in [-0.25, -0.2) is 0 Å². The van der Waals surface area contributed by atoms with Gasteiger partial charge in [-0.2, -0.15) is 0 Å². The molecule has 3 saturated heterocycles. The van der Waals surface area contributed by atoms with E-state index in [1.165, 1.54) is 0 Å². The van der Waals surface area contributed by atoms with Gasteiger partial charge in [0.2, 0.25) is 11.8 Å². The first-order valence-corrected chi connectivity index (χ1v) is 10.6. The lowest BCUT2D eigenvalue weighted by molar-refractivity contribution is -0.147. The first-order valence-electron chi connectivity index (χ1n) is 10.6. The molecular weight excluding hydrogens is 396 g/mol. The number of carbonyl (C=O) groups is 3. The highest BCUT2D eigenvalue weighted by atomic mass is 16.5. The van der Waals surface area contributed by atoms with Crippen LogP contribution in [0.5, 0.6) is 0 Å². The third-order valence-electron chi connectivity index (χ3n) is 7.30. The second kappa shape index (κ2) is 6.40. The molecule has 4 aliphatic rings. The van der Waals surface area contributed by atoms with E-state index in [1.54, 1.807) is 23.3 Å². The third-order valence-corrected chi connectivity index (χ3v) is 7.30. The van der Waals surface area contributed by atoms with Crippen LogP contribution < -0.4 is 5.32 Å². The minimum atomic E-state index is -0.971. The molecule has 158 valence electrons. The molecule has 2 bridgehead atoms. The van der Waals surface area contributed by atoms with Gasteiger partial charge in [0.05, 0.1) is 36.3 Å². The number of hydrogen-bond acceptors (Lipinski definition) is 5. The molecule has 7 heteroatoms. The van der Waals surface area contributed by atoms with Crippen molar-refractivity contribution in [3.05, 3.63) is 66.6 Å². The number of ether oxygens (including phenoxy) is 1. The Hall–Kier alpha value is -3.19. The molecule has 5 heterocycles. The van der Waals surface area contributed by atoms with Crippen LogP contribution in [0.15, 0.2) is 65.3 Å². The number of para-hydroxylation sites is 1. The molecular formula is C24H22N2O5. The average Bonchev–Trinajstić information content (AvgIpc) is 3.54. The number of ketones is 1. The van der Waals surface area contributed by atoms with Crippen LogP contribution in [0.1, 0.15) is 25.1 Å². The Morgan fingerprint density at radius 2 is 1.97 bits per heavy atom. The molecule has 0 aliphatic carbocycles. The highest BCUT2D eigenvalue weighted by molar-refractivity contribution is 6.00. The summed E-state index contributed by atoms with van der Waals surface area (Å²) >= 11 is 0. The van der Waals surface area contributed by atoms with Crippen molar-refractivity contribution in [2.75, 3.05) is 5.32 Å². The van der Waals surface area contributed by atoms with E-state index in [2.05, 4.69) is 5.32 Å². The van der Waals surface area contributed by atoms with Crippen LogP contribution in [0.4, 0.5) is 5.69 Å². The Balaban J connectivity index is 1.40. The highest BCUT2D eigenvalue weighted by Crippen LogP contribution is 2.59. The summed E-state index contributed by atoms with van der Waals surface area (Å²) in [4.78, 5) is 41.8. The van der Waals surface area contributed by atoms with Crippen LogP contribution in [0.3, 0.4) is 0 Å². The number of benzene rings is 1. The minimum absolute atomic E-state index is 0.0723. The summed E-state index contributed by atoms with van der Waals surface area (Å²) in [5.41, 5.74) is -0.297. The first kappa shape index (κ1) is 18.6. The van der Waals surface area contributed by atoms with Gasteiger partial charge in [-0.05, 0) is 24.3 Å². The molecule has 0 radical (unpaired) electrons. The summed E-state index contributed by atoms with van der Waals surface area (Å²) in [5, 5.41) is 2.93. The summed E-state index contributed by atoms with van der Waals surface area (Å²) in [6.07, 6.45) is 5.05. The second-order valence-corrected chi connectivity index (χ2v) is 8.83. The van der Waals surface area contributed by atoms with E-state index in [-0.39, 0.29) is 29.9 Å². The zero-order valence-corrected chi connectivity index (χ0v) is 16.9. The smallest absolute Gasteiger partial charge is 0.231 e. The number of anilines is 1. The fraction of sp³-hybridized carbons (Fsp3) is 0.375. The number of fused-ring (bicyclic) bond motifs is 2. The quantitative estimate of drug-likeness (QED) is 0.775. The van der Waals surface area contributed by atoms with Crippen molar-refractivity contribution in [2.24, 2.45) is 17.8 Å². The molecule has 1 spiro atoms. The first-order chi connectivity index (χ1) is 15.0. The van der Waals surface area contributed by atoms with Crippen LogP contribution in [-0.4, -0.2) is 40.2 Å². The summed E-state index contributed by atoms with van der Waals surface area (Å²) in [6, 6.07) is 11.8. The highest BCUT2D eigenvalue weighted by Gasteiger charge is 2.74. The van der Waals surface area contributed by atoms with E-state index >= 15 is 0 Å². The largest absolute Gasteiger partial charge is 0.467 e. The van der Waals surface area contributed by atoms with Crippen molar-refractivity contribution in [3.63, 3.8) is 0 Å². The van der Waals surface area contributed by atoms with E-state index in [0.29, 0.717) is 11.4 Å². The second-order valence-electron chi connectivity index (χ2n) is 8.83. The molecule has 1 aromatic carbocycles. The zero-order valence-electron chi connectivity index (χ0n) is 16.9. The molecule has 3 fully saturated rings. The topological polar surface area (TPSA) is 88.9 Å². The van der Waals surface area contributed by atoms with Crippen molar-refractivity contribution in [2.45, 2.75) is 37.1 Å². The van der Waals surface area contributed by atoms with Crippen LogP contribution in [0.25, 0.3) is 0 Å². The number of carbonyl (C=O) groups excluding carboxylic acids is 3. The number of nitrogens with zero attached hydrogens (tertiary/aromatic N) is 1. The van der Waals surface area contributed by atoms with Gasteiger partial charge >= 0.3 is 0 Å². The number of amides is 2. The van der Waals surface area contributed by atoms with Crippen molar-refractivity contribution < 1.29 is 23.5 Å².